The second-order valence-electron chi connectivity index (χ2n) is 4.42. The molecule has 1 aromatic rings. The summed E-state index contributed by atoms with van der Waals surface area (Å²) in [5.41, 5.74) is -2.45. The predicted molar refractivity (Wildman–Crippen MR) is 73.7 cm³/mol. The molecule has 0 saturated carbocycles. The van der Waals surface area contributed by atoms with Crippen molar-refractivity contribution in [2.45, 2.75) is 20.8 Å². The summed E-state index contributed by atoms with van der Waals surface area (Å²) in [4.78, 5) is 24.1. The molecule has 0 aliphatic rings. The zero-order chi connectivity index (χ0) is 17.7. The third-order valence-electron chi connectivity index (χ3n) is 2.92. The number of Topliss-reactive ketones (excluding diaryl/α,β-unsaturated/α-hetero) is 1. The minimum Gasteiger partial charge on any atom is -0.462 e. The van der Waals surface area contributed by atoms with Crippen LogP contribution in [0.15, 0.2) is 11.8 Å². The Hall–Kier alpha value is -2.38. The molecular weight excluding hydrogens is 318 g/mol. The van der Waals surface area contributed by atoms with Gasteiger partial charge in [-0.1, -0.05) is 0 Å². The van der Waals surface area contributed by atoms with Crippen molar-refractivity contribution in [3.8, 4) is 0 Å². The fraction of sp³-hybridized carbons (Fsp3) is 0.333. The first kappa shape index (κ1) is 18.7. The Morgan fingerprint density at radius 3 is 2.13 bits per heavy atom. The number of carbonyl (C=O) groups is 2. The quantitative estimate of drug-likeness (QED) is 0.127. The number of hydrogen-bond donors (Lipinski definition) is 1. The molecule has 0 aromatic heterocycles. The fourth-order valence-electron chi connectivity index (χ4n) is 1.78. The van der Waals surface area contributed by atoms with Gasteiger partial charge in [-0.05, 0) is 20.8 Å². The first-order valence-corrected chi connectivity index (χ1v) is 6.75. The predicted octanol–water partition coefficient (Wildman–Crippen LogP) is 2.79. The van der Waals surface area contributed by atoms with Crippen LogP contribution in [-0.2, 0) is 9.53 Å². The van der Waals surface area contributed by atoms with E-state index in [4.69, 9.17) is 0 Å². The van der Waals surface area contributed by atoms with E-state index in [1.54, 1.807) is 6.92 Å². The van der Waals surface area contributed by atoms with E-state index in [9.17, 15) is 27.2 Å². The minimum absolute atomic E-state index is 0.0663. The van der Waals surface area contributed by atoms with Crippen LogP contribution in [0.25, 0.3) is 0 Å². The molecule has 0 amide bonds. The molecule has 8 heteroatoms. The maximum Gasteiger partial charge on any atom is 0.343 e. The molecule has 0 bridgehead atoms. The van der Waals surface area contributed by atoms with Gasteiger partial charge < -0.3 is 10.1 Å². The molecule has 0 heterocycles. The normalized spacial score (nSPS) is 11.3. The molecule has 0 saturated heterocycles. The summed E-state index contributed by atoms with van der Waals surface area (Å²) in [7, 11) is 0. The highest BCUT2D eigenvalue weighted by Crippen LogP contribution is 2.26. The SMILES string of the molecule is CCN/C=C(\C(=O)OCC)C(=O)c1c(C)c(F)c(F)c(F)c1F. The lowest BCUT2D eigenvalue weighted by Crippen LogP contribution is -2.22. The summed E-state index contributed by atoms with van der Waals surface area (Å²) in [5.74, 6) is -10.1. The molecule has 0 aliphatic heterocycles. The Balaban J connectivity index is 3.49. The highest BCUT2D eigenvalue weighted by molar-refractivity contribution is 6.24. The molecule has 0 unspecified atom stereocenters. The molecule has 1 N–H and O–H groups in total. The molecule has 4 nitrogen and oxygen atoms in total. The van der Waals surface area contributed by atoms with Gasteiger partial charge in [-0.25, -0.2) is 22.4 Å². The van der Waals surface area contributed by atoms with Crippen LogP contribution < -0.4 is 5.32 Å². The Morgan fingerprint density at radius 2 is 1.61 bits per heavy atom. The van der Waals surface area contributed by atoms with Gasteiger partial charge in [-0.15, -0.1) is 0 Å². The van der Waals surface area contributed by atoms with E-state index < -0.39 is 51.7 Å². The number of ketones is 1. The zero-order valence-corrected chi connectivity index (χ0v) is 12.7. The lowest BCUT2D eigenvalue weighted by molar-refractivity contribution is -0.138. The second-order valence-corrected chi connectivity index (χ2v) is 4.42. The van der Waals surface area contributed by atoms with Crippen LogP contribution in [0.2, 0.25) is 0 Å². The van der Waals surface area contributed by atoms with Crippen molar-refractivity contribution < 1.29 is 31.9 Å². The number of rotatable bonds is 6. The van der Waals surface area contributed by atoms with Gasteiger partial charge in [-0.2, -0.15) is 0 Å². The van der Waals surface area contributed by atoms with Gasteiger partial charge in [0.2, 0.25) is 5.78 Å². The number of nitrogens with one attached hydrogen (secondary N) is 1. The van der Waals surface area contributed by atoms with E-state index in [1.807, 2.05) is 0 Å². The van der Waals surface area contributed by atoms with Crippen LogP contribution in [0.4, 0.5) is 17.6 Å². The van der Waals surface area contributed by atoms with Crippen molar-refractivity contribution in [2.75, 3.05) is 13.2 Å². The summed E-state index contributed by atoms with van der Waals surface area (Å²) in [5, 5.41) is 2.55. The molecular formula is C15H15F4NO3. The molecule has 126 valence electrons. The van der Waals surface area contributed by atoms with E-state index >= 15 is 0 Å². The molecule has 1 rings (SSSR count). The number of hydrogen-bond acceptors (Lipinski definition) is 4. The second kappa shape index (κ2) is 7.75. The molecule has 23 heavy (non-hydrogen) atoms. The van der Waals surface area contributed by atoms with Gasteiger partial charge in [0.1, 0.15) is 5.57 Å². The smallest absolute Gasteiger partial charge is 0.343 e. The number of benzene rings is 1. The van der Waals surface area contributed by atoms with Gasteiger partial charge in [0, 0.05) is 18.3 Å². The average molecular weight is 333 g/mol. The lowest BCUT2D eigenvalue weighted by atomic mass is 9.97. The van der Waals surface area contributed by atoms with Crippen molar-refractivity contribution in [2.24, 2.45) is 0 Å². The van der Waals surface area contributed by atoms with Crippen LogP contribution in [0.5, 0.6) is 0 Å². The van der Waals surface area contributed by atoms with E-state index in [2.05, 4.69) is 10.1 Å². The third-order valence-corrected chi connectivity index (χ3v) is 2.92. The highest BCUT2D eigenvalue weighted by Gasteiger charge is 2.31. The van der Waals surface area contributed by atoms with Gasteiger partial charge in [0.25, 0.3) is 0 Å². The molecule has 0 fully saturated rings. The number of esters is 1. The van der Waals surface area contributed by atoms with Crippen molar-refractivity contribution in [3.05, 3.63) is 46.2 Å². The first-order valence-electron chi connectivity index (χ1n) is 6.75. The van der Waals surface area contributed by atoms with Gasteiger partial charge >= 0.3 is 5.97 Å². The third kappa shape index (κ3) is 3.69. The van der Waals surface area contributed by atoms with Crippen LogP contribution in [0.1, 0.15) is 29.8 Å². The number of carbonyl (C=O) groups excluding carboxylic acids is 2. The number of halogens is 4. The standard InChI is InChI=1S/C15H15F4NO3/c1-4-20-6-8(15(22)23-5-2)14(21)9-7(3)10(16)12(18)13(19)11(9)17/h6,20H,4-5H2,1-3H3/b8-6-. The average Bonchev–Trinajstić information content (AvgIpc) is 2.52. The van der Waals surface area contributed by atoms with E-state index in [0.29, 0.717) is 6.54 Å². The summed E-state index contributed by atoms with van der Waals surface area (Å²) in [6.45, 7) is 4.31. The first-order chi connectivity index (χ1) is 10.8. The molecule has 1 aromatic carbocycles. The Kier molecular flexibility index (Phi) is 6.29. The van der Waals surface area contributed by atoms with E-state index in [1.165, 1.54) is 6.92 Å². The number of ether oxygens (including phenoxy) is 1. The van der Waals surface area contributed by atoms with Crippen LogP contribution in [-0.4, -0.2) is 24.9 Å². The maximum atomic E-state index is 13.9. The Labute approximate surface area is 130 Å². The van der Waals surface area contributed by atoms with E-state index in [-0.39, 0.29) is 6.61 Å². The summed E-state index contributed by atoms with van der Waals surface area (Å²) in [6, 6.07) is 0. The Bertz CT molecular complexity index is 642. The van der Waals surface area contributed by atoms with Crippen LogP contribution in [0, 0.1) is 30.2 Å². The van der Waals surface area contributed by atoms with Crippen molar-refractivity contribution >= 4 is 11.8 Å². The Morgan fingerprint density at radius 1 is 1.04 bits per heavy atom. The van der Waals surface area contributed by atoms with Gasteiger partial charge in [0.05, 0.1) is 12.2 Å². The summed E-state index contributed by atoms with van der Waals surface area (Å²) >= 11 is 0. The topological polar surface area (TPSA) is 55.4 Å². The van der Waals surface area contributed by atoms with E-state index in [0.717, 1.165) is 13.1 Å². The van der Waals surface area contributed by atoms with Crippen molar-refractivity contribution in [1.29, 1.82) is 0 Å². The zero-order valence-electron chi connectivity index (χ0n) is 12.7. The minimum atomic E-state index is -2.12. The molecule has 0 spiro atoms. The van der Waals surface area contributed by atoms with Gasteiger partial charge in [-0.3, -0.25) is 4.79 Å². The van der Waals surface area contributed by atoms with Crippen LogP contribution in [0.3, 0.4) is 0 Å². The highest BCUT2D eigenvalue weighted by atomic mass is 19.2. The molecule has 0 radical (unpaired) electrons. The largest absolute Gasteiger partial charge is 0.462 e. The van der Waals surface area contributed by atoms with Crippen molar-refractivity contribution in [1.82, 2.24) is 5.32 Å². The van der Waals surface area contributed by atoms with Crippen LogP contribution >= 0.6 is 0 Å². The van der Waals surface area contributed by atoms with Crippen molar-refractivity contribution in [3.63, 3.8) is 0 Å². The maximum absolute atomic E-state index is 13.9. The lowest BCUT2D eigenvalue weighted by Gasteiger charge is -2.12. The van der Waals surface area contributed by atoms with Gasteiger partial charge in [0.15, 0.2) is 23.3 Å². The molecule has 0 aliphatic carbocycles. The monoisotopic (exact) mass is 333 g/mol. The molecule has 0 atom stereocenters. The summed E-state index contributed by atoms with van der Waals surface area (Å²) in [6.07, 6.45) is 0.957. The fourth-order valence-corrected chi connectivity index (χ4v) is 1.78. The summed E-state index contributed by atoms with van der Waals surface area (Å²) < 4.78 is 58.6.